The van der Waals surface area contributed by atoms with E-state index in [0.29, 0.717) is 15.5 Å². The molecule has 0 N–H and O–H groups in total. The molecule has 0 spiro atoms. The van der Waals surface area contributed by atoms with E-state index in [1.54, 1.807) is 6.20 Å². The first-order valence-electron chi connectivity index (χ1n) is 4.72. The van der Waals surface area contributed by atoms with Crippen molar-refractivity contribution in [3.63, 3.8) is 0 Å². The molecule has 3 nitrogen and oxygen atoms in total. The maximum atomic E-state index is 11.7. The average Bonchev–Trinajstić information content (AvgIpc) is 2.12. The molecule has 5 heteroatoms. The lowest BCUT2D eigenvalue weighted by atomic mass is 9.92. The molecule has 1 heterocycles. The SMILES string of the molecule is CC(C)(C)CCn1ncc(Br)c(Br)c1=O. The monoisotopic (exact) mass is 336 g/mol. The molecule has 0 saturated carbocycles. The highest BCUT2D eigenvalue weighted by Gasteiger charge is 2.12. The molecule has 0 atom stereocenters. The standard InChI is InChI=1S/C10H14Br2N2O/c1-10(2,3)4-5-14-9(15)8(12)7(11)6-13-14/h6H,4-5H2,1-3H3. The third kappa shape index (κ3) is 3.72. The molecular weight excluding hydrogens is 324 g/mol. The largest absolute Gasteiger partial charge is 0.282 e. The molecule has 0 bridgehead atoms. The summed E-state index contributed by atoms with van der Waals surface area (Å²) in [7, 11) is 0. The van der Waals surface area contributed by atoms with E-state index in [4.69, 9.17) is 0 Å². The van der Waals surface area contributed by atoms with Crippen LogP contribution in [0.4, 0.5) is 0 Å². The number of hydrogen-bond donors (Lipinski definition) is 0. The summed E-state index contributed by atoms with van der Waals surface area (Å²) in [6.45, 7) is 7.08. The second-order valence-corrected chi connectivity index (χ2v) is 6.29. The van der Waals surface area contributed by atoms with Crippen LogP contribution in [0.15, 0.2) is 19.9 Å². The number of hydrogen-bond acceptors (Lipinski definition) is 2. The Hall–Kier alpha value is -0.160. The van der Waals surface area contributed by atoms with E-state index in [2.05, 4.69) is 57.7 Å². The van der Waals surface area contributed by atoms with Crippen molar-refractivity contribution in [3.05, 3.63) is 25.5 Å². The van der Waals surface area contributed by atoms with Crippen LogP contribution in [-0.4, -0.2) is 9.78 Å². The minimum Gasteiger partial charge on any atom is -0.266 e. The van der Waals surface area contributed by atoms with Gasteiger partial charge < -0.3 is 0 Å². The molecule has 1 rings (SSSR count). The molecule has 0 aromatic carbocycles. The molecule has 0 amide bonds. The Balaban J connectivity index is 2.89. The van der Waals surface area contributed by atoms with E-state index in [-0.39, 0.29) is 11.0 Å². The first-order chi connectivity index (χ1) is 6.81. The third-order valence-electron chi connectivity index (χ3n) is 2.02. The fourth-order valence-corrected chi connectivity index (χ4v) is 1.61. The van der Waals surface area contributed by atoms with Gasteiger partial charge in [-0.3, -0.25) is 4.79 Å². The summed E-state index contributed by atoms with van der Waals surface area (Å²) < 4.78 is 2.71. The van der Waals surface area contributed by atoms with Crippen LogP contribution in [0.3, 0.4) is 0 Å². The average molecular weight is 338 g/mol. The predicted molar refractivity (Wildman–Crippen MR) is 68.0 cm³/mol. The molecule has 0 aliphatic rings. The molecule has 0 fully saturated rings. The van der Waals surface area contributed by atoms with Gasteiger partial charge in [-0.25, -0.2) is 4.68 Å². The quantitative estimate of drug-likeness (QED) is 0.830. The summed E-state index contributed by atoms with van der Waals surface area (Å²) in [5.41, 5.74) is 0.120. The number of aryl methyl sites for hydroxylation is 1. The molecule has 0 radical (unpaired) electrons. The Bertz CT molecular complexity index is 407. The van der Waals surface area contributed by atoms with Crippen molar-refractivity contribution in [1.82, 2.24) is 9.78 Å². The van der Waals surface area contributed by atoms with Gasteiger partial charge >= 0.3 is 0 Å². The van der Waals surface area contributed by atoms with Crippen LogP contribution in [0.25, 0.3) is 0 Å². The second kappa shape index (κ2) is 4.78. The molecule has 15 heavy (non-hydrogen) atoms. The second-order valence-electron chi connectivity index (χ2n) is 4.65. The van der Waals surface area contributed by atoms with Crippen molar-refractivity contribution in [2.24, 2.45) is 5.41 Å². The molecular formula is C10H14Br2N2O. The van der Waals surface area contributed by atoms with Crippen molar-refractivity contribution in [1.29, 1.82) is 0 Å². The van der Waals surface area contributed by atoms with E-state index in [1.807, 2.05) is 0 Å². The van der Waals surface area contributed by atoms with Crippen molar-refractivity contribution in [3.8, 4) is 0 Å². The zero-order valence-electron chi connectivity index (χ0n) is 9.05. The summed E-state index contributed by atoms with van der Waals surface area (Å²) >= 11 is 6.48. The highest BCUT2D eigenvalue weighted by molar-refractivity contribution is 9.13. The number of nitrogens with zero attached hydrogens (tertiary/aromatic N) is 2. The van der Waals surface area contributed by atoms with Gasteiger partial charge in [0.25, 0.3) is 5.56 Å². The van der Waals surface area contributed by atoms with Gasteiger partial charge in [-0.05, 0) is 43.7 Å². The zero-order valence-corrected chi connectivity index (χ0v) is 12.2. The van der Waals surface area contributed by atoms with Gasteiger partial charge in [0.05, 0.1) is 10.7 Å². The van der Waals surface area contributed by atoms with E-state index in [0.717, 1.165) is 6.42 Å². The van der Waals surface area contributed by atoms with Crippen molar-refractivity contribution < 1.29 is 0 Å². The van der Waals surface area contributed by atoms with E-state index >= 15 is 0 Å². The fourth-order valence-electron chi connectivity index (χ4n) is 1.05. The third-order valence-corrected chi connectivity index (χ3v) is 3.92. The van der Waals surface area contributed by atoms with Gasteiger partial charge in [0.2, 0.25) is 0 Å². The van der Waals surface area contributed by atoms with Crippen LogP contribution >= 0.6 is 31.9 Å². The zero-order chi connectivity index (χ0) is 11.6. The number of rotatable bonds is 2. The molecule has 1 aromatic rings. The van der Waals surface area contributed by atoms with Crippen LogP contribution < -0.4 is 5.56 Å². The van der Waals surface area contributed by atoms with Crippen molar-refractivity contribution >= 4 is 31.9 Å². The molecule has 1 aromatic heterocycles. The highest BCUT2D eigenvalue weighted by atomic mass is 79.9. The van der Waals surface area contributed by atoms with Crippen LogP contribution in [0, 0.1) is 5.41 Å². The summed E-state index contributed by atoms with van der Waals surface area (Å²) in [5.74, 6) is 0. The van der Waals surface area contributed by atoms with Gasteiger partial charge in [-0.15, -0.1) is 0 Å². The van der Waals surface area contributed by atoms with Gasteiger partial charge in [0, 0.05) is 6.54 Å². The lowest BCUT2D eigenvalue weighted by Gasteiger charge is -2.18. The Morgan fingerprint density at radius 1 is 1.40 bits per heavy atom. The lowest BCUT2D eigenvalue weighted by molar-refractivity contribution is 0.335. The summed E-state index contributed by atoms with van der Waals surface area (Å²) in [6.07, 6.45) is 2.56. The molecule has 0 saturated heterocycles. The van der Waals surface area contributed by atoms with Gasteiger partial charge in [0.1, 0.15) is 4.47 Å². The predicted octanol–water partition coefficient (Wildman–Crippen LogP) is 3.20. The number of aromatic nitrogens is 2. The molecule has 84 valence electrons. The highest BCUT2D eigenvalue weighted by Crippen LogP contribution is 2.20. The number of halogens is 2. The molecule has 0 aliphatic heterocycles. The smallest absolute Gasteiger partial charge is 0.266 e. The van der Waals surface area contributed by atoms with Crippen LogP contribution in [0.2, 0.25) is 0 Å². The Kier molecular flexibility index (Phi) is 4.12. The first-order valence-corrected chi connectivity index (χ1v) is 6.31. The van der Waals surface area contributed by atoms with Crippen LogP contribution in [0.5, 0.6) is 0 Å². The minimum absolute atomic E-state index is 0.0892. The summed E-state index contributed by atoms with van der Waals surface area (Å²) in [4.78, 5) is 11.7. The molecule has 0 unspecified atom stereocenters. The Morgan fingerprint density at radius 2 is 2.00 bits per heavy atom. The normalized spacial score (nSPS) is 11.8. The van der Waals surface area contributed by atoms with Gasteiger partial charge in [-0.1, -0.05) is 20.8 Å². The maximum Gasteiger partial charge on any atom is 0.282 e. The summed E-state index contributed by atoms with van der Waals surface area (Å²) in [6, 6.07) is 0. The Morgan fingerprint density at radius 3 is 2.53 bits per heavy atom. The van der Waals surface area contributed by atoms with E-state index in [1.165, 1.54) is 4.68 Å². The van der Waals surface area contributed by atoms with E-state index in [9.17, 15) is 4.79 Å². The van der Waals surface area contributed by atoms with Gasteiger partial charge in [0.15, 0.2) is 0 Å². The summed E-state index contributed by atoms with van der Waals surface area (Å²) in [5, 5.41) is 4.07. The maximum absolute atomic E-state index is 11.7. The van der Waals surface area contributed by atoms with Gasteiger partial charge in [-0.2, -0.15) is 5.10 Å². The van der Waals surface area contributed by atoms with Crippen molar-refractivity contribution in [2.75, 3.05) is 0 Å². The minimum atomic E-state index is -0.0892. The fraction of sp³-hybridized carbons (Fsp3) is 0.600. The van der Waals surface area contributed by atoms with Crippen LogP contribution in [-0.2, 0) is 6.54 Å². The van der Waals surface area contributed by atoms with E-state index < -0.39 is 0 Å². The van der Waals surface area contributed by atoms with Crippen molar-refractivity contribution in [2.45, 2.75) is 33.7 Å². The Labute approximate surface area is 106 Å². The topological polar surface area (TPSA) is 34.9 Å². The lowest BCUT2D eigenvalue weighted by Crippen LogP contribution is -2.25. The molecule has 0 aliphatic carbocycles. The van der Waals surface area contributed by atoms with Crippen LogP contribution in [0.1, 0.15) is 27.2 Å². The first kappa shape index (κ1) is 12.9.